The van der Waals surface area contributed by atoms with Crippen LogP contribution in [0.5, 0.6) is 0 Å². The molecule has 0 fully saturated rings. The summed E-state index contributed by atoms with van der Waals surface area (Å²) in [6, 6.07) is 6.95. The monoisotopic (exact) mass is 273 g/mol. The van der Waals surface area contributed by atoms with Crippen molar-refractivity contribution in [1.29, 1.82) is 0 Å². The fraction of sp³-hybridized carbons (Fsp3) is 0.154. The Balaban J connectivity index is 2.21. The Morgan fingerprint density at radius 3 is 2.79 bits per heavy atom. The number of fused-ring (bicyclic) bond motifs is 1. The van der Waals surface area contributed by atoms with Gasteiger partial charge in [-0.15, -0.1) is 11.3 Å². The Labute approximate surface area is 113 Å². The number of H-pyrrole nitrogens is 1. The van der Waals surface area contributed by atoms with E-state index in [-0.39, 0.29) is 10.6 Å². The third kappa shape index (κ3) is 1.90. The van der Waals surface area contributed by atoms with E-state index in [1.54, 1.807) is 17.4 Å². The molecule has 5 nitrogen and oxygen atoms in total. The average molecular weight is 273 g/mol. The summed E-state index contributed by atoms with van der Waals surface area (Å²) < 4.78 is 0. The summed E-state index contributed by atoms with van der Waals surface area (Å²) in [6.45, 7) is 3.97. The van der Waals surface area contributed by atoms with Gasteiger partial charge in [-0.3, -0.25) is 10.1 Å². The van der Waals surface area contributed by atoms with E-state index in [0.29, 0.717) is 5.52 Å². The summed E-state index contributed by atoms with van der Waals surface area (Å²) in [5.41, 5.74) is 2.46. The second-order valence-corrected chi connectivity index (χ2v) is 5.55. The van der Waals surface area contributed by atoms with Crippen molar-refractivity contribution in [3.63, 3.8) is 0 Å². The van der Waals surface area contributed by atoms with Crippen molar-refractivity contribution in [1.82, 2.24) is 9.97 Å². The van der Waals surface area contributed by atoms with Crippen molar-refractivity contribution in [3.8, 4) is 10.7 Å². The van der Waals surface area contributed by atoms with Crippen LogP contribution in [0.15, 0.2) is 24.3 Å². The summed E-state index contributed by atoms with van der Waals surface area (Å²) in [7, 11) is 0. The van der Waals surface area contributed by atoms with E-state index in [4.69, 9.17) is 0 Å². The molecule has 0 saturated heterocycles. The molecule has 96 valence electrons. The van der Waals surface area contributed by atoms with Crippen molar-refractivity contribution >= 4 is 27.9 Å². The zero-order valence-corrected chi connectivity index (χ0v) is 11.2. The predicted molar refractivity (Wildman–Crippen MR) is 75.5 cm³/mol. The fourth-order valence-corrected chi connectivity index (χ4v) is 2.88. The molecule has 2 heterocycles. The lowest BCUT2D eigenvalue weighted by Crippen LogP contribution is -1.88. The molecule has 1 aromatic carbocycles. The molecule has 19 heavy (non-hydrogen) atoms. The summed E-state index contributed by atoms with van der Waals surface area (Å²) in [5.74, 6) is 0. The van der Waals surface area contributed by atoms with Gasteiger partial charge in [0, 0.05) is 16.3 Å². The van der Waals surface area contributed by atoms with E-state index in [2.05, 4.69) is 9.97 Å². The Hall–Kier alpha value is -2.21. The molecule has 3 rings (SSSR count). The van der Waals surface area contributed by atoms with Crippen LogP contribution in [0.3, 0.4) is 0 Å². The van der Waals surface area contributed by atoms with Gasteiger partial charge >= 0.3 is 0 Å². The number of nitrogens with zero attached hydrogens (tertiary/aromatic N) is 2. The number of nitrogens with one attached hydrogen (secondary N) is 1. The van der Waals surface area contributed by atoms with Crippen LogP contribution in [0.4, 0.5) is 5.69 Å². The Bertz CT molecular complexity index is 769. The number of aromatic amines is 1. The smallest absolute Gasteiger partial charge is 0.293 e. The first kappa shape index (κ1) is 11.9. The molecule has 0 saturated carbocycles. The van der Waals surface area contributed by atoms with Gasteiger partial charge in [-0.25, -0.2) is 4.98 Å². The number of aromatic nitrogens is 2. The molecule has 0 unspecified atom stereocenters. The summed E-state index contributed by atoms with van der Waals surface area (Å²) in [5, 5.41) is 12.7. The number of nitro groups is 1. The third-order valence-corrected chi connectivity index (χ3v) is 4.20. The lowest BCUT2D eigenvalue weighted by atomic mass is 10.2. The van der Waals surface area contributed by atoms with E-state index < -0.39 is 0 Å². The summed E-state index contributed by atoms with van der Waals surface area (Å²) in [6.07, 6.45) is 0. The van der Waals surface area contributed by atoms with Crippen LogP contribution in [-0.2, 0) is 0 Å². The second kappa shape index (κ2) is 4.17. The minimum atomic E-state index is -0.374. The van der Waals surface area contributed by atoms with Gasteiger partial charge in [0.2, 0.25) is 0 Å². The van der Waals surface area contributed by atoms with E-state index in [1.165, 1.54) is 6.07 Å². The van der Waals surface area contributed by atoms with Gasteiger partial charge in [0.25, 0.3) is 5.69 Å². The van der Waals surface area contributed by atoms with Crippen LogP contribution in [0.2, 0.25) is 0 Å². The number of aryl methyl sites for hydroxylation is 2. The highest BCUT2D eigenvalue weighted by molar-refractivity contribution is 7.15. The standard InChI is InChI=1S/C13H11N3O2S/c1-7-8(2)19-13(14-7)10-6-9-4-3-5-11(16(17)18)12(9)15-10/h3-6,15H,1-2H3. The Morgan fingerprint density at radius 2 is 2.16 bits per heavy atom. The van der Waals surface area contributed by atoms with Crippen LogP contribution in [0, 0.1) is 24.0 Å². The molecule has 6 heteroatoms. The van der Waals surface area contributed by atoms with Gasteiger partial charge in [-0.2, -0.15) is 0 Å². The SMILES string of the molecule is Cc1nc(-c2cc3cccc([N+](=O)[O-])c3[nH]2)sc1C. The molecule has 0 aliphatic carbocycles. The first-order chi connectivity index (χ1) is 9.06. The molecular weight excluding hydrogens is 262 g/mol. The van der Waals surface area contributed by atoms with Gasteiger partial charge < -0.3 is 4.98 Å². The zero-order valence-electron chi connectivity index (χ0n) is 10.4. The number of rotatable bonds is 2. The topological polar surface area (TPSA) is 71.8 Å². The molecule has 0 bridgehead atoms. The van der Waals surface area contributed by atoms with Crippen LogP contribution >= 0.6 is 11.3 Å². The van der Waals surface area contributed by atoms with Gasteiger partial charge in [0.05, 0.1) is 16.3 Å². The van der Waals surface area contributed by atoms with E-state index in [1.807, 2.05) is 26.0 Å². The normalized spacial score (nSPS) is 11.1. The molecular formula is C13H11N3O2S. The van der Waals surface area contributed by atoms with Crippen molar-refractivity contribution in [3.05, 3.63) is 45.0 Å². The first-order valence-corrected chi connectivity index (χ1v) is 6.58. The molecule has 2 aromatic heterocycles. The minimum absolute atomic E-state index is 0.0914. The summed E-state index contributed by atoms with van der Waals surface area (Å²) in [4.78, 5) is 19.3. The molecule has 0 spiro atoms. The highest BCUT2D eigenvalue weighted by Crippen LogP contribution is 2.32. The molecule has 0 atom stereocenters. The van der Waals surface area contributed by atoms with E-state index in [0.717, 1.165) is 26.7 Å². The zero-order chi connectivity index (χ0) is 13.6. The van der Waals surface area contributed by atoms with Crippen molar-refractivity contribution in [2.75, 3.05) is 0 Å². The molecule has 0 aliphatic heterocycles. The number of thiazole rings is 1. The van der Waals surface area contributed by atoms with Gasteiger partial charge in [0.15, 0.2) is 0 Å². The maximum atomic E-state index is 11.0. The Morgan fingerprint density at radius 1 is 1.37 bits per heavy atom. The van der Waals surface area contributed by atoms with Gasteiger partial charge in [-0.1, -0.05) is 12.1 Å². The fourth-order valence-electron chi connectivity index (χ4n) is 2.00. The number of hydrogen-bond acceptors (Lipinski definition) is 4. The van der Waals surface area contributed by atoms with Crippen LogP contribution in [-0.4, -0.2) is 14.9 Å². The third-order valence-electron chi connectivity index (χ3n) is 3.09. The lowest BCUT2D eigenvalue weighted by Gasteiger charge is -1.92. The highest BCUT2D eigenvalue weighted by atomic mass is 32.1. The molecule has 0 radical (unpaired) electrons. The van der Waals surface area contributed by atoms with Gasteiger partial charge in [0.1, 0.15) is 10.5 Å². The molecule has 0 aliphatic rings. The second-order valence-electron chi connectivity index (χ2n) is 4.34. The van der Waals surface area contributed by atoms with Crippen LogP contribution < -0.4 is 0 Å². The maximum Gasteiger partial charge on any atom is 0.293 e. The molecule has 0 amide bonds. The minimum Gasteiger partial charge on any atom is -0.347 e. The Kier molecular flexibility index (Phi) is 2.60. The van der Waals surface area contributed by atoms with Crippen LogP contribution in [0.25, 0.3) is 21.6 Å². The molecule has 1 N–H and O–H groups in total. The number of nitro benzene ring substituents is 1. The van der Waals surface area contributed by atoms with E-state index >= 15 is 0 Å². The maximum absolute atomic E-state index is 11.0. The largest absolute Gasteiger partial charge is 0.347 e. The molecule has 3 aromatic rings. The quantitative estimate of drug-likeness (QED) is 0.570. The first-order valence-electron chi connectivity index (χ1n) is 5.77. The number of non-ortho nitro benzene ring substituents is 1. The predicted octanol–water partition coefficient (Wildman–Crippen LogP) is 3.82. The van der Waals surface area contributed by atoms with Crippen molar-refractivity contribution in [2.24, 2.45) is 0 Å². The van der Waals surface area contributed by atoms with Crippen molar-refractivity contribution in [2.45, 2.75) is 13.8 Å². The summed E-state index contributed by atoms with van der Waals surface area (Å²) >= 11 is 1.58. The van der Waals surface area contributed by atoms with Crippen LogP contribution in [0.1, 0.15) is 10.6 Å². The number of para-hydroxylation sites is 1. The highest BCUT2D eigenvalue weighted by Gasteiger charge is 2.16. The average Bonchev–Trinajstić information content (AvgIpc) is 2.93. The number of hydrogen-bond donors (Lipinski definition) is 1. The van der Waals surface area contributed by atoms with E-state index in [9.17, 15) is 10.1 Å². The van der Waals surface area contributed by atoms with Crippen molar-refractivity contribution < 1.29 is 4.92 Å². The lowest BCUT2D eigenvalue weighted by molar-refractivity contribution is -0.383. The number of benzene rings is 1. The van der Waals surface area contributed by atoms with Gasteiger partial charge in [-0.05, 0) is 19.9 Å².